The molecule has 2 nitrogen and oxygen atoms in total. The van der Waals surface area contributed by atoms with Gasteiger partial charge in [0, 0.05) is 19.6 Å². The van der Waals surface area contributed by atoms with Crippen LogP contribution >= 0.6 is 22.6 Å². The second-order valence-corrected chi connectivity index (χ2v) is 7.09. The van der Waals surface area contributed by atoms with Gasteiger partial charge in [-0.15, -0.1) is 0 Å². The molecule has 2 aromatic rings. The smallest absolute Gasteiger partial charge is 0.132 e. The standard InChI is InChI=1S/C19H22INO.ClH/c1-15-7-8-19(18(20)13-15)22-12-4-10-21-11-9-16-5-2-3-6-17(16)14-21;/h2-3,5-8,13H,4,9-12,14H2,1H3;1H/p-1. The van der Waals surface area contributed by atoms with Gasteiger partial charge in [-0.1, -0.05) is 30.3 Å². The summed E-state index contributed by atoms with van der Waals surface area (Å²) in [5.74, 6) is 1.01. The summed E-state index contributed by atoms with van der Waals surface area (Å²) in [7, 11) is 0. The number of fused-ring (bicyclic) bond motifs is 1. The third kappa shape index (κ3) is 5.10. The highest BCUT2D eigenvalue weighted by molar-refractivity contribution is 14.1. The molecule has 0 bridgehead atoms. The largest absolute Gasteiger partial charge is 1.00 e. The second-order valence-electron chi connectivity index (χ2n) is 5.93. The van der Waals surface area contributed by atoms with E-state index in [-0.39, 0.29) is 12.4 Å². The molecule has 0 amide bonds. The lowest BCUT2D eigenvalue weighted by molar-refractivity contribution is -0.00000487. The third-order valence-corrected chi connectivity index (χ3v) is 5.02. The zero-order valence-corrected chi connectivity index (χ0v) is 16.3. The second kappa shape index (κ2) is 8.90. The quantitative estimate of drug-likeness (QED) is 0.513. The molecule has 1 aliphatic rings. The summed E-state index contributed by atoms with van der Waals surface area (Å²) in [6.07, 6.45) is 2.25. The van der Waals surface area contributed by atoms with E-state index in [1.807, 2.05) is 0 Å². The first-order valence-corrected chi connectivity index (χ1v) is 8.98. The molecule has 4 heteroatoms. The fraction of sp³-hybridized carbons (Fsp3) is 0.368. The molecule has 1 aliphatic heterocycles. The maximum Gasteiger partial charge on any atom is 0.132 e. The molecule has 0 N–H and O–H groups in total. The van der Waals surface area contributed by atoms with Crippen LogP contribution in [-0.4, -0.2) is 24.6 Å². The normalized spacial score (nSPS) is 14.0. The highest BCUT2D eigenvalue weighted by Gasteiger charge is 2.14. The average Bonchev–Trinajstić information content (AvgIpc) is 2.53. The average molecular weight is 443 g/mol. The monoisotopic (exact) mass is 442 g/mol. The molecular formula is C19H22ClINO-. The van der Waals surface area contributed by atoms with Crippen LogP contribution in [0.3, 0.4) is 0 Å². The predicted octanol–water partition coefficient (Wildman–Crippen LogP) is 1.43. The summed E-state index contributed by atoms with van der Waals surface area (Å²) < 4.78 is 7.12. The van der Waals surface area contributed by atoms with Crippen LogP contribution < -0.4 is 17.1 Å². The van der Waals surface area contributed by atoms with Crippen LogP contribution in [0.5, 0.6) is 5.75 Å². The lowest BCUT2D eigenvalue weighted by Crippen LogP contribution is -3.00. The van der Waals surface area contributed by atoms with Crippen molar-refractivity contribution in [2.75, 3.05) is 19.7 Å². The molecule has 3 rings (SSSR count). The molecule has 0 aromatic heterocycles. The zero-order valence-electron chi connectivity index (χ0n) is 13.4. The Bertz CT molecular complexity index is 647. The van der Waals surface area contributed by atoms with Crippen LogP contribution in [0.4, 0.5) is 0 Å². The maximum absolute atomic E-state index is 5.92. The van der Waals surface area contributed by atoms with Crippen molar-refractivity contribution in [3.05, 3.63) is 62.7 Å². The Kier molecular flexibility index (Phi) is 7.18. The van der Waals surface area contributed by atoms with Crippen molar-refractivity contribution in [2.45, 2.75) is 26.3 Å². The number of hydrogen-bond acceptors (Lipinski definition) is 2. The fourth-order valence-electron chi connectivity index (χ4n) is 2.94. The van der Waals surface area contributed by atoms with Gasteiger partial charge in [0.1, 0.15) is 5.75 Å². The van der Waals surface area contributed by atoms with Crippen molar-refractivity contribution in [1.29, 1.82) is 0 Å². The molecule has 0 spiro atoms. The van der Waals surface area contributed by atoms with Crippen molar-refractivity contribution in [1.82, 2.24) is 4.90 Å². The van der Waals surface area contributed by atoms with E-state index in [2.05, 4.69) is 76.9 Å². The van der Waals surface area contributed by atoms with Crippen molar-refractivity contribution in [2.24, 2.45) is 0 Å². The lowest BCUT2D eigenvalue weighted by atomic mass is 10.00. The van der Waals surface area contributed by atoms with Crippen LogP contribution in [0.15, 0.2) is 42.5 Å². The van der Waals surface area contributed by atoms with E-state index in [0.29, 0.717) is 0 Å². The summed E-state index contributed by atoms with van der Waals surface area (Å²) in [6, 6.07) is 15.2. The summed E-state index contributed by atoms with van der Waals surface area (Å²) >= 11 is 2.35. The third-order valence-electron chi connectivity index (χ3n) is 4.17. The van der Waals surface area contributed by atoms with Gasteiger partial charge in [-0.2, -0.15) is 0 Å². The first-order chi connectivity index (χ1) is 10.7. The number of halogens is 2. The van der Waals surface area contributed by atoms with Crippen molar-refractivity contribution in [3.63, 3.8) is 0 Å². The zero-order chi connectivity index (χ0) is 15.4. The Morgan fingerprint density at radius 2 is 1.91 bits per heavy atom. The molecule has 0 radical (unpaired) electrons. The predicted molar refractivity (Wildman–Crippen MR) is 99.4 cm³/mol. The van der Waals surface area contributed by atoms with Crippen molar-refractivity contribution >= 4 is 22.6 Å². The van der Waals surface area contributed by atoms with E-state index in [9.17, 15) is 0 Å². The molecule has 0 saturated carbocycles. The van der Waals surface area contributed by atoms with Crippen LogP contribution in [0, 0.1) is 10.5 Å². The van der Waals surface area contributed by atoms with Crippen molar-refractivity contribution < 1.29 is 17.1 Å². The van der Waals surface area contributed by atoms with E-state index in [0.717, 1.165) is 31.9 Å². The van der Waals surface area contributed by atoms with Gasteiger partial charge in [0.05, 0.1) is 10.2 Å². The van der Waals surface area contributed by atoms with Crippen LogP contribution in [-0.2, 0) is 13.0 Å². The van der Waals surface area contributed by atoms with Gasteiger partial charge in [-0.05, 0) is 71.2 Å². The summed E-state index contributed by atoms with van der Waals surface area (Å²) in [5, 5.41) is 0. The van der Waals surface area contributed by atoms with Gasteiger partial charge in [-0.25, -0.2) is 0 Å². The SMILES string of the molecule is Cc1ccc(OCCCN2CCc3ccccc3C2)c(I)c1.[Cl-]. The van der Waals surface area contributed by atoms with E-state index in [1.54, 1.807) is 0 Å². The molecule has 0 saturated heterocycles. The highest BCUT2D eigenvalue weighted by atomic mass is 127. The number of rotatable bonds is 5. The fourth-order valence-corrected chi connectivity index (χ4v) is 3.76. The molecule has 0 fully saturated rings. The van der Waals surface area contributed by atoms with Crippen LogP contribution in [0.25, 0.3) is 0 Å². The minimum atomic E-state index is 0. The van der Waals surface area contributed by atoms with E-state index >= 15 is 0 Å². The van der Waals surface area contributed by atoms with Gasteiger partial charge in [0.15, 0.2) is 0 Å². The minimum Gasteiger partial charge on any atom is -1.00 e. The Labute approximate surface area is 158 Å². The van der Waals surface area contributed by atoms with Gasteiger partial charge in [-0.3, -0.25) is 4.90 Å². The molecule has 2 aromatic carbocycles. The van der Waals surface area contributed by atoms with Gasteiger partial charge in [0.25, 0.3) is 0 Å². The molecular weight excluding hydrogens is 421 g/mol. The van der Waals surface area contributed by atoms with Gasteiger partial charge < -0.3 is 17.1 Å². The molecule has 1 heterocycles. The molecule has 0 aliphatic carbocycles. The Morgan fingerprint density at radius 1 is 1.13 bits per heavy atom. The number of ether oxygens (including phenoxy) is 1. The molecule has 0 atom stereocenters. The number of benzene rings is 2. The molecule has 23 heavy (non-hydrogen) atoms. The van der Waals surface area contributed by atoms with Gasteiger partial charge in [0.2, 0.25) is 0 Å². The van der Waals surface area contributed by atoms with Crippen molar-refractivity contribution in [3.8, 4) is 5.75 Å². The number of hydrogen-bond donors (Lipinski definition) is 0. The van der Waals surface area contributed by atoms with Crippen LogP contribution in [0.1, 0.15) is 23.1 Å². The van der Waals surface area contributed by atoms with E-state index < -0.39 is 0 Å². The molecule has 124 valence electrons. The lowest BCUT2D eigenvalue weighted by Gasteiger charge is -2.28. The summed E-state index contributed by atoms with van der Waals surface area (Å²) in [5.41, 5.74) is 4.29. The summed E-state index contributed by atoms with van der Waals surface area (Å²) in [4.78, 5) is 2.53. The van der Waals surface area contributed by atoms with Crippen LogP contribution in [0.2, 0.25) is 0 Å². The highest BCUT2D eigenvalue weighted by Crippen LogP contribution is 2.22. The maximum atomic E-state index is 5.92. The summed E-state index contributed by atoms with van der Waals surface area (Å²) in [6.45, 7) is 6.26. The first-order valence-electron chi connectivity index (χ1n) is 7.90. The minimum absolute atomic E-state index is 0. The van der Waals surface area contributed by atoms with Gasteiger partial charge >= 0.3 is 0 Å². The van der Waals surface area contributed by atoms with E-state index in [1.165, 1.54) is 33.2 Å². The Balaban J connectivity index is 0.00000192. The topological polar surface area (TPSA) is 12.5 Å². The van der Waals surface area contributed by atoms with E-state index in [4.69, 9.17) is 4.74 Å². The Morgan fingerprint density at radius 3 is 2.70 bits per heavy atom. The molecule has 0 unspecified atom stereocenters. The number of aryl methyl sites for hydroxylation is 1. The first kappa shape index (κ1) is 18.6. The number of nitrogens with zero attached hydrogens (tertiary/aromatic N) is 1. The Hall–Kier alpha value is -0.780.